The van der Waals surface area contributed by atoms with E-state index in [1.165, 1.54) is 5.57 Å². The summed E-state index contributed by atoms with van der Waals surface area (Å²) >= 11 is 5.81. The molecule has 0 aliphatic rings. The number of nitrogens with zero attached hydrogens (tertiary/aromatic N) is 1. The Bertz CT molecular complexity index is 312. The van der Waals surface area contributed by atoms with Crippen LogP contribution in [-0.2, 0) is 0 Å². The van der Waals surface area contributed by atoms with Gasteiger partial charge in [-0.05, 0) is 32.4 Å². The summed E-state index contributed by atoms with van der Waals surface area (Å²) in [5, 5.41) is 0.688. The summed E-state index contributed by atoms with van der Waals surface area (Å²) in [4.78, 5) is 4.16. The summed E-state index contributed by atoms with van der Waals surface area (Å²) in [6, 6.07) is 1.93. The topological polar surface area (TPSA) is 12.9 Å². The van der Waals surface area contributed by atoms with Crippen LogP contribution in [0.3, 0.4) is 0 Å². The second kappa shape index (κ2) is 3.72. The SMILES string of the molecule is CC(C)=Cc1cc(Cl)cnc1C. The Morgan fingerprint density at radius 2 is 2.17 bits per heavy atom. The van der Waals surface area contributed by atoms with Crippen LogP contribution >= 0.6 is 11.6 Å². The van der Waals surface area contributed by atoms with Crippen molar-refractivity contribution in [3.8, 4) is 0 Å². The number of hydrogen-bond donors (Lipinski definition) is 0. The minimum Gasteiger partial charge on any atom is -0.259 e. The van der Waals surface area contributed by atoms with Gasteiger partial charge >= 0.3 is 0 Å². The third kappa shape index (κ3) is 2.35. The minimum atomic E-state index is 0.688. The Kier molecular flexibility index (Phi) is 2.88. The second-order valence-corrected chi connectivity index (χ2v) is 3.49. The molecule has 2 heteroatoms. The van der Waals surface area contributed by atoms with Crippen molar-refractivity contribution in [1.82, 2.24) is 4.98 Å². The number of aromatic nitrogens is 1. The maximum atomic E-state index is 5.81. The number of aryl methyl sites for hydroxylation is 1. The molecule has 64 valence electrons. The molecule has 0 spiro atoms. The number of hydrogen-bond acceptors (Lipinski definition) is 1. The van der Waals surface area contributed by atoms with Crippen molar-refractivity contribution < 1.29 is 0 Å². The van der Waals surface area contributed by atoms with E-state index >= 15 is 0 Å². The van der Waals surface area contributed by atoms with Crippen LogP contribution in [0.5, 0.6) is 0 Å². The molecule has 1 rings (SSSR count). The van der Waals surface area contributed by atoms with Gasteiger partial charge in [-0.15, -0.1) is 0 Å². The van der Waals surface area contributed by atoms with Gasteiger partial charge in [0.2, 0.25) is 0 Å². The van der Waals surface area contributed by atoms with E-state index < -0.39 is 0 Å². The van der Waals surface area contributed by atoms with Gasteiger partial charge in [-0.1, -0.05) is 23.3 Å². The molecule has 0 N–H and O–H groups in total. The van der Waals surface area contributed by atoms with Crippen LogP contribution in [0.1, 0.15) is 25.1 Å². The normalized spacial score (nSPS) is 9.67. The molecule has 0 unspecified atom stereocenters. The van der Waals surface area contributed by atoms with Crippen molar-refractivity contribution >= 4 is 17.7 Å². The van der Waals surface area contributed by atoms with Crippen molar-refractivity contribution in [1.29, 1.82) is 0 Å². The van der Waals surface area contributed by atoms with Gasteiger partial charge in [0.25, 0.3) is 0 Å². The number of rotatable bonds is 1. The van der Waals surface area contributed by atoms with Crippen molar-refractivity contribution in [2.24, 2.45) is 0 Å². The molecule has 0 amide bonds. The first kappa shape index (κ1) is 9.27. The fourth-order valence-electron chi connectivity index (χ4n) is 0.980. The zero-order chi connectivity index (χ0) is 9.14. The van der Waals surface area contributed by atoms with Crippen molar-refractivity contribution in [3.05, 3.63) is 34.1 Å². The van der Waals surface area contributed by atoms with Crippen LogP contribution in [0.2, 0.25) is 5.02 Å². The Balaban J connectivity index is 3.14. The third-order valence-corrected chi connectivity index (χ3v) is 1.74. The minimum absolute atomic E-state index is 0.688. The average Bonchev–Trinajstić information content (AvgIpc) is 1.96. The predicted molar refractivity (Wildman–Crippen MR) is 53.3 cm³/mol. The molecule has 12 heavy (non-hydrogen) atoms. The molecule has 1 heterocycles. The monoisotopic (exact) mass is 181 g/mol. The van der Waals surface area contributed by atoms with Gasteiger partial charge in [0.1, 0.15) is 0 Å². The molecule has 1 aromatic heterocycles. The first-order chi connectivity index (χ1) is 5.59. The van der Waals surface area contributed by atoms with Gasteiger partial charge in [-0.2, -0.15) is 0 Å². The van der Waals surface area contributed by atoms with E-state index in [0.29, 0.717) is 5.02 Å². The van der Waals surface area contributed by atoms with Gasteiger partial charge in [-0.3, -0.25) is 4.98 Å². The first-order valence-corrected chi connectivity index (χ1v) is 4.24. The Hall–Kier alpha value is -0.820. The van der Waals surface area contributed by atoms with Crippen molar-refractivity contribution in [2.45, 2.75) is 20.8 Å². The summed E-state index contributed by atoms with van der Waals surface area (Å²) in [7, 11) is 0. The highest BCUT2D eigenvalue weighted by molar-refractivity contribution is 6.30. The van der Waals surface area contributed by atoms with E-state index in [1.54, 1.807) is 6.20 Å². The van der Waals surface area contributed by atoms with Gasteiger partial charge in [0.15, 0.2) is 0 Å². The van der Waals surface area contributed by atoms with Crippen LogP contribution < -0.4 is 0 Å². The van der Waals surface area contributed by atoms with E-state index in [-0.39, 0.29) is 0 Å². The molecule has 0 atom stereocenters. The van der Waals surface area contributed by atoms with Crippen LogP contribution in [-0.4, -0.2) is 4.98 Å². The number of pyridine rings is 1. The highest BCUT2D eigenvalue weighted by atomic mass is 35.5. The van der Waals surface area contributed by atoms with Crippen LogP contribution in [0.4, 0.5) is 0 Å². The lowest BCUT2D eigenvalue weighted by Gasteiger charge is -2.00. The highest BCUT2D eigenvalue weighted by Crippen LogP contribution is 2.15. The fourth-order valence-corrected chi connectivity index (χ4v) is 1.15. The van der Waals surface area contributed by atoms with Crippen molar-refractivity contribution in [3.63, 3.8) is 0 Å². The zero-order valence-electron chi connectivity index (χ0n) is 7.56. The van der Waals surface area contributed by atoms with E-state index in [0.717, 1.165) is 11.3 Å². The molecule has 0 bridgehead atoms. The summed E-state index contributed by atoms with van der Waals surface area (Å²) in [5.74, 6) is 0. The molecule has 0 fully saturated rings. The molecule has 0 aliphatic carbocycles. The number of halogens is 1. The molecule has 0 saturated carbocycles. The molecular weight excluding hydrogens is 170 g/mol. The summed E-state index contributed by atoms with van der Waals surface area (Å²) in [5.41, 5.74) is 3.37. The second-order valence-electron chi connectivity index (χ2n) is 3.05. The summed E-state index contributed by atoms with van der Waals surface area (Å²) < 4.78 is 0. The maximum Gasteiger partial charge on any atom is 0.0595 e. The average molecular weight is 182 g/mol. The Morgan fingerprint density at radius 3 is 2.75 bits per heavy atom. The van der Waals surface area contributed by atoms with Gasteiger partial charge in [0, 0.05) is 11.9 Å². The van der Waals surface area contributed by atoms with Crippen molar-refractivity contribution in [2.75, 3.05) is 0 Å². The van der Waals surface area contributed by atoms with Gasteiger partial charge in [-0.25, -0.2) is 0 Å². The van der Waals surface area contributed by atoms with Crippen LogP contribution in [0.25, 0.3) is 6.08 Å². The van der Waals surface area contributed by atoms with E-state index in [9.17, 15) is 0 Å². The smallest absolute Gasteiger partial charge is 0.0595 e. The van der Waals surface area contributed by atoms with Crippen LogP contribution in [0, 0.1) is 6.92 Å². The zero-order valence-corrected chi connectivity index (χ0v) is 8.31. The molecule has 0 saturated heterocycles. The standard InChI is InChI=1S/C10H12ClN/c1-7(2)4-9-5-10(11)6-12-8(9)3/h4-6H,1-3H3. The molecule has 0 radical (unpaired) electrons. The molecule has 1 nitrogen and oxygen atoms in total. The molecular formula is C10H12ClN. The fraction of sp³-hybridized carbons (Fsp3) is 0.300. The first-order valence-electron chi connectivity index (χ1n) is 3.86. The highest BCUT2D eigenvalue weighted by Gasteiger charge is 1.96. The van der Waals surface area contributed by atoms with E-state index in [1.807, 2.05) is 13.0 Å². The molecule has 1 aromatic rings. The lowest BCUT2D eigenvalue weighted by atomic mass is 10.1. The van der Waals surface area contributed by atoms with Crippen LogP contribution in [0.15, 0.2) is 17.8 Å². The summed E-state index contributed by atoms with van der Waals surface area (Å²) in [6.07, 6.45) is 3.74. The van der Waals surface area contributed by atoms with E-state index in [4.69, 9.17) is 11.6 Å². The molecule has 0 aliphatic heterocycles. The maximum absolute atomic E-state index is 5.81. The van der Waals surface area contributed by atoms with Gasteiger partial charge < -0.3 is 0 Å². The Labute approximate surface area is 78.1 Å². The quantitative estimate of drug-likeness (QED) is 0.647. The molecule has 0 aromatic carbocycles. The lowest BCUT2D eigenvalue weighted by Crippen LogP contribution is -1.85. The third-order valence-electron chi connectivity index (χ3n) is 1.54. The lowest BCUT2D eigenvalue weighted by molar-refractivity contribution is 1.19. The number of allylic oxidation sites excluding steroid dienone is 1. The van der Waals surface area contributed by atoms with E-state index in [2.05, 4.69) is 24.9 Å². The largest absolute Gasteiger partial charge is 0.259 e. The Morgan fingerprint density at radius 1 is 1.50 bits per heavy atom. The van der Waals surface area contributed by atoms with Gasteiger partial charge in [0.05, 0.1) is 5.02 Å². The predicted octanol–water partition coefficient (Wildman–Crippen LogP) is 3.47. The summed E-state index contributed by atoms with van der Waals surface area (Å²) in [6.45, 7) is 6.09.